The molecule has 5 nitrogen and oxygen atoms in total. The van der Waals surface area contributed by atoms with Crippen molar-refractivity contribution in [2.75, 3.05) is 13.7 Å². The van der Waals surface area contributed by atoms with Crippen molar-refractivity contribution in [3.8, 4) is 5.75 Å². The Hall–Kier alpha value is -2.30. The SMILES string of the molecule is COc1ccc(CN2CCCCC2=O)cc1C=CC(=O)O. The fraction of sp³-hybridized carbons (Fsp3) is 0.375. The minimum absolute atomic E-state index is 0.180. The lowest BCUT2D eigenvalue weighted by Gasteiger charge is -2.27. The minimum atomic E-state index is -1.01. The minimum Gasteiger partial charge on any atom is -0.496 e. The summed E-state index contributed by atoms with van der Waals surface area (Å²) in [5, 5.41) is 8.72. The average Bonchev–Trinajstić information content (AvgIpc) is 2.47. The van der Waals surface area contributed by atoms with Gasteiger partial charge in [0.05, 0.1) is 7.11 Å². The number of carboxylic acids is 1. The summed E-state index contributed by atoms with van der Waals surface area (Å²) >= 11 is 0. The van der Waals surface area contributed by atoms with Crippen LogP contribution >= 0.6 is 0 Å². The molecular formula is C16H19NO4. The van der Waals surface area contributed by atoms with E-state index in [1.807, 2.05) is 17.0 Å². The summed E-state index contributed by atoms with van der Waals surface area (Å²) in [4.78, 5) is 24.3. The number of carbonyl (C=O) groups excluding carboxylic acids is 1. The van der Waals surface area contributed by atoms with Crippen LogP contribution in [0.4, 0.5) is 0 Å². The maximum Gasteiger partial charge on any atom is 0.328 e. The van der Waals surface area contributed by atoms with E-state index in [4.69, 9.17) is 9.84 Å². The monoisotopic (exact) mass is 289 g/mol. The third-order valence-corrected chi connectivity index (χ3v) is 3.49. The summed E-state index contributed by atoms with van der Waals surface area (Å²) in [5.41, 5.74) is 1.66. The lowest BCUT2D eigenvalue weighted by Crippen LogP contribution is -2.34. The first-order valence-corrected chi connectivity index (χ1v) is 6.96. The van der Waals surface area contributed by atoms with Gasteiger partial charge in [0.1, 0.15) is 5.75 Å². The number of methoxy groups -OCH3 is 1. The Kier molecular flexibility index (Phi) is 4.98. The highest BCUT2D eigenvalue weighted by Crippen LogP contribution is 2.23. The van der Waals surface area contributed by atoms with E-state index in [1.165, 1.54) is 6.08 Å². The molecule has 0 aliphatic carbocycles. The second-order valence-corrected chi connectivity index (χ2v) is 5.02. The molecule has 1 N–H and O–H groups in total. The number of ether oxygens (including phenoxy) is 1. The molecule has 0 atom stereocenters. The van der Waals surface area contributed by atoms with Crippen LogP contribution in [-0.2, 0) is 16.1 Å². The molecule has 1 saturated heterocycles. The average molecular weight is 289 g/mol. The molecule has 0 unspecified atom stereocenters. The largest absolute Gasteiger partial charge is 0.496 e. The summed E-state index contributed by atoms with van der Waals surface area (Å²) in [7, 11) is 1.54. The van der Waals surface area contributed by atoms with Crippen molar-refractivity contribution in [3.05, 3.63) is 35.4 Å². The molecule has 1 aliphatic rings. The Balaban J connectivity index is 2.18. The smallest absolute Gasteiger partial charge is 0.328 e. The number of hydrogen-bond donors (Lipinski definition) is 1. The van der Waals surface area contributed by atoms with Crippen molar-refractivity contribution in [1.29, 1.82) is 0 Å². The molecule has 1 aromatic rings. The van der Waals surface area contributed by atoms with Crippen molar-refractivity contribution in [1.82, 2.24) is 4.90 Å². The Morgan fingerprint density at radius 1 is 1.43 bits per heavy atom. The molecule has 0 saturated carbocycles. The number of rotatable bonds is 5. The van der Waals surface area contributed by atoms with Crippen LogP contribution < -0.4 is 4.74 Å². The van der Waals surface area contributed by atoms with Gasteiger partial charge in [0.2, 0.25) is 5.91 Å². The number of likely N-dealkylation sites (tertiary alicyclic amines) is 1. The molecular weight excluding hydrogens is 270 g/mol. The van der Waals surface area contributed by atoms with Crippen molar-refractivity contribution in [2.45, 2.75) is 25.8 Å². The van der Waals surface area contributed by atoms with Gasteiger partial charge < -0.3 is 14.7 Å². The molecule has 0 bridgehead atoms. The topological polar surface area (TPSA) is 66.8 Å². The van der Waals surface area contributed by atoms with E-state index in [-0.39, 0.29) is 5.91 Å². The lowest BCUT2D eigenvalue weighted by molar-refractivity contribution is -0.134. The zero-order chi connectivity index (χ0) is 15.2. The Labute approximate surface area is 123 Å². The van der Waals surface area contributed by atoms with Crippen LogP contribution in [0.25, 0.3) is 6.08 Å². The number of nitrogens with zero attached hydrogens (tertiary/aromatic N) is 1. The summed E-state index contributed by atoms with van der Waals surface area (Å²) in [5.74, 6) is -0.213. The molecule has 1 amide bonds. The summed E-state index contributed by atoms with van der Waals surface area (Å²) in [6, 6.07) is 5.56. The third-order valence-electron chi connectivity index (χ3n) is 3.49. The molecule has 1 heterocycles. The number of piperidine rings is 1. The predicted molar refractivity (Wildman–Crippen MR) is 78.9 cm³/mol. The Morgan fingerprint density at radius 2 is 2.24 bits per heavy atom. The van der Waals surface area contributed by atoms with Gasteiger partial charge in [-0.1, -0.05) is 6.07 Å². The van der Waals surface area contributed by atoms with E-state index in [0.29, 0.717) is 24.3 Å². The van der Waals surface area contributed by atoms with Crippen molar-refractivity contribution < 1.29 is 19.4 Å². The van der Waals surface area contributed by atoms with Gasteiger partial charge in [-0.2, -0.15) is 0 Å². The standard InChI is InChI=1S/C16H19NO4/c1-21-14-7-5-12(10-13(14)6-8-16(19)20)11-17-9-3-2-4-15(17)18/h5-8,10H,2-4,9,11H2,1H3,(H,19,20). The van der Waals surface area contributed by atoms with E-state index in [1.54, 1.807) is 13.2 Å². The zero-order valence-corrected chi connectivity index (χ0v) is 12.0. The van der Waals surface area contributed by atoms with E-state index in [9.17, 15) is 9.59 Å². The van der Waals surface area contributed by atoms with Crippen LogP contribution in [0, 0.1) is 0 Å². The van der Waals surface area contributed by atoms with Gasteiger partial charge in [-0.25, -0.2) is 4.79 Å². The molecule has 1 aliphatic heterocycles. The van der Waals surface area contributed by atoms with Crippen LogP contribution in [0.5, 0.6) is 5.75 Å². The molecule has 2 rings (SSSR count). The van der Waals surface area contributed by atoms with Crippen molar-refractivity contribution in [3.63, 3.8) is 0 Å². The van der Waals surface area contributed by atoms with Crippen molar-refractivity contribution in [2.24, 2.45) is 0 Å². The maximum atomic E-state index is 11.8. The Morgan fingerprint density at radius 3 is 2.90 bits per heavy atom. The van der Waals surface area contributed by atoms with E-state index >= 15 is 0 Å². The van der Waals surface area contributed by atoms with Gasteiger partial charge in [0.15, 0.2) is 0 Å². The predicted octanol–water partition coefficient (Wildman–Crippen LogP) is 2.31. The molecule has 0 aromatic heterocycles. The lowest BCUT2D eigenvalue weighted by atomic mass is 10.1. The quantitative estimate of drug-likeness (QED) is 0.845. The summed E-state index contributed by atoms with van der Waals surface area (Å²) in [6.07, 6.45) is 5.19. The van der Waals surface area contributed by atoms with Crippen molar-refractivity contribution >= 4 is 18.0 Å². The third kappa shape index (κ3) is 4.08. The first kappa shape index (κ1) is 15.1. The first-order valence-electron chi connectivity index (χ1n) is 6.96. The van der Waals surface area contributed by atoms with Gasteiger partial charge in [-0.3, -0.25) is 4.79 Å². The number of benzene rings is 1. The highest BCUT2D eigenvalue weighted by Gasteiger charge is 2.18. The van der Waals surface area contributed by atoms with E-state index in [2.05, 4.69) is 0 Å². The molecule has 112 valence electrons. The van der Waals surface area contributed by atoms with Crippen LogP contribution in [0.2, 0.25) is 0 Å². The normalized spacial score (nSPS) is 15.5. The number of amides is 1. The van der Waals surface area contributed by atoms with E-state index < -0.39 is 5.97 Å². The second kappa shape index (κ2) is 6.92. The van der Waals surface area contributed by atoms with Gasteiger partial charge in [0.25, 0.3) is 0 Å². The molecule has 21 heavy (non-hydrogen) atoms. The van der Waals surface area contributed by atoms with Gasteiger partial charge in [-0.05, 0) is 36.6 Å². The van der Waals surface area contributed by atoms with Crippen LogP contribution in [0.3, 0.4) is 0 Å². The highest BCUT2D eigenvalue weighted by atomic mass is 16.5. The number of carbonyl (C=O) groups is 2. The molecule has 0 spiro atoms. The summed E-state index contributed by atoms with van der Waals surface area (Å²) in [6.45, 7) is 1.34. The Bertz CT molecular complexity index is 565. The van der Waals surface area contributed by atoms with Gasteiger partial charge >= 0.3 is 5.97 Å². The number of aliphatic carboxylic acids is 1. The molecule has 0 radical (unpaired) electrons. The fourth-order valence-corrected chi connectivity index (χ4v) is 2.42. The van der Waals surface area contributed by atoms with Crippen LogP contribution in [-0.4, -0.2) is 35.5 Å². The number of carboxylic acid groups (broad SMARTS) is 1. The molecule has 5 heteroatoms. The van der Waals surface area contributed by atoms with Crippen LogP contribution in [0.1, 0.15) is 30.4 Å². The summed E-state index contributed by atoms with van der Waals surface area (Å²) < 4.78 is 5.22. The van der Waals surface area contributed by atoms with Gasteiger partial charge in [-0.15, -0.1) is 0 Å². The van der Waals surface area contributed by atoms with E-state index in [0.717, 1.165) is 31.0 Å². The molecule has 1 fully saturated rings. The van der Waals surface area contributed by atoms with Gasteiger partial charge in [0, 0.05) is 31.1 Å². The second-order valence-electron chi connectivity index (χ2n) is 5.02. The maximum absolute atomic E-state index is 11.8. The molecule has 1 aromatic carbocycles. The zero-order valence-electron chi connectivity index (χ0n) is 12.0. The number of hydrogen-bond acceptors (Lipinski definition) is 3. The van der Waals surface area contributed by atoms with Crippen LogP contribution in [0.15, 0.2) is 24.3 Å². The fourth-order valence-electron chi connectivity index (χ4n) is 2.42. The first-order chi connectivity index (χ1) is 10.1. The highest BCUT2D eigenvalue weighted by molar-refractivity contribution is 5.86.